The SMILES string of the molecule is COc1ccc(OC)c(N(CC(=O)N(Cc2ccccc2Cl)[C@H](C)C(=O)NC(C)(C)C)S(=O)(=O)c2ccccc2)c1. The van der Waals surface area contributed by atoms with Gasteiger partial charge in [0.25, 0.3) is 10.0 Å². The number of benzene rings is 3. The lowest BCUT2D eigenvalue weighted by Crippen LogP contribution is -2.54. The summed E-state index contributed by atoms with van der Waals surface area (Å²) >= 11 is 6.42. The van der Waals surface area contributed by atoms with Gasteiger partial charge in [-0.3, -0.25) is 13.9 Å². The van der Waals surface area contributed by atoms with Crippen LogP contribution in [0.5, 0.6) is 11.5 Å². The zero-order valence-electron chi connectivity index (χ0n) is 24.0. The van der Waals surface area contributed by atoms with Gasteiger partial charge >= 0.3 is 0 Å². The highest BCUT2D eigenvalue weighted by Crippen LogP contribution is 2.36. The fraction of sp³-hybridized carbons (Fsp3) is 0.333. The molecule has 0 bridgehead atoms. The van der Waals surface area contributed by atoms with Crippen molar-refractivity contribution < 1.29 is 27.5 Å². The van der Waals surface area contributed by atoms with Crippen molar-refractivity contribution in [2.75, 3.05) is 25.1 Å². The van der Waals surface area contributed by atoms with Crippen molar-refractivity contribution in [3.8, 4) is 11.5 Å². The third-order valence-electron chi connectivity index (χ3n) is 6.23. The largest absolute Gasteiger partial charge is 0.497 e. The number of sulfonamides is 1. The van der Waals surface area contributed by atoms with Crippen molar-refractivity contribution in [2.45, 2.75) is 50.7 Å². The van der Waals surface area contributed by atoms with Gasteiger partial charge < -0.3 is 19.7 Å². The Bertz CT molecular complexity index is 1480. The molecule has 0 unspecified atom stereocenters. The molecule has 0 saturated heterocycles. The van der Waals surface area contributed by atoms with Crippen LogP contribution in [0.25, 0.3) is 0 Å². The van der Waals surface area contributed by atoms with E-state index in [1.807, 2.05) is 20.8 Å². The molecule has 3 rings (SSSR count). The number of rotatable bonds is 11. The summed E-state index contributed by atoms with van der Waals surface area (Å²) in [7, 11) is -1.41. The third kappa shape index (κ3) is 7.92. The molecule has 1 atom stereocenters. The van der Waals surface area contributed by atoms with Crippen LogP contribution in [0, 0.1) is 0 Å². The Labute approximate surface area is 247 Å². The third-order valence-corrected chi connectivity index (χ3v) is 8.37. The zero-order chi connectivity index (χ0) is 30.4. The van der Waals surface area contributed by atoms with Gasteiger partial charge in [0.15, 0.2) is 0 Å². The number of anilines is 1. The van der Waals surface area contributed by atoms with Gasteiger partial charge in [-0.05, 0) is 63.6 Å². The van der Waals surface area contributed by atoms with Crippen LogP contribution in [0.2, 0.25) is 5.02 Å². The Morgan fingerprint density at radius 1 is 0.951 bits per heavy atom. The maximum absolute atomic E-state index is 14.1. The minimum Gasteiger partial charge on any atom is -0.497 e. The summed E-state index contributed by atoms with van der Waals surface area (Å²) in [5.74, 6) is -0.429. The van der Waals surface area contributed by atoms with Crippen LogP contribution in [0.15, 0.2) is 77.7 Å². The number of ether oxygens (including phenoxy) is 2. The summed E-state index contributed by atoms with van der Waals surface area (Å²) in [6.45, 7) is 6.45. The van der Waals surface area contributed by atoms with Crippen LogP contribution >= 0.6 is 11.6 Å². The summed E-state index contributed by atoms with van der Waals surface area (Å²) < 4.78 is 39.8. The molecular weight excluding hydrogens is 566 g/mol. The van der Waals surface area contributed by atoms with Gasteiger partial charge in [-0.1, -0.05) is 48.0 Å². The normalized spacial score (nSPS) is 12.3. The summed E-state index contributed by atoms with van der Waals surface area (Å²) in [5, 5.41) is 3.31. The number of carbonyl (C=O) groups is 2. The molecule has 3 aromatic carbocycles. The molecule has 0 aliphatic rings. The van der Waals surface area contributed by atoms with Crippen LogP contribution in [0.3, 0.4) is 0 Å². The molecule has 0 spiro atoms. The highest BCUT2D eigenvalue weighted by molar-refractivity contribution is 7.92. The van der Waals surface area contributed by atoms with Gasteiger partial charge in [0.1, 0.15) is 24.1 Å². The average molecular weight is 602 g/mol. The molecule has 0 heterocycles. The Balaban J connectivity index is 2.13. The molecule has 0 aliphatic carbocycles. The van der Waals surface area contributed by atoms with Crippen LogP contribution in [0.1, 0.15) is 33.3 Å². The fourth-order valence-corrected chi connectivity index (χ4v) is 5.72. The van der Waals surface area contributed by atoms with Crippen molar-refractivity contribution in [1.82, 2.24) is 10.2 Å². The fourth-order valence-electron chi connectivity index (χ4n) is 4.09. The molecule has 0 saturated carbocycles. The molecule has 0 fully saturated rings. The van der Waals surface area contributed by atoms with Crippen LogP contribution < -0.4 is 19.1 Å². The van der Waals surface area contributed by atoms with E-state index >= 15 is 0 Å². The topological polar surface area (TPSA) is 105 Å². The van der Waals surface area contributed by atoms with Crippen molar-refractivity contribution in [3.63, 3.8) is 0 Å². The number of nitrogens with one attached hydrogen (secondary N) is 1. The number of methoxy groups -OCH3 is 2. The highest BCUT2D eigenvalue weighted by atomic mass is 35.5. The molecule has 2 amide bonds. The Morgan fingerprint density at radius 2 is 1.59 bits per heavy atom. The number of carbonyl (C=O) groups excluding carboxylic acids is 2. The maximum atomic E-state index is 14.1. The van der Waals surface area contributed by atoms with Crippen molar-refractivity contribution in [2.24, 2.45) is 0 Å². The van der Waals surface area contributed by atoms with E-state index in [-0.39, 0.29) is 22.9 Å². The Morgan fingerprint density at radius 3 is 2.17 bits per heavy atom. The van der Waals surface area contributed by atoms with Gasteiger partial charge in [0.2, 0.25) is 11.8 Å². The van der Waals surface area contributed by atoms with E-state index in [4.69, 9.17) is 21.1 Å². The standard InChI is InChI=1S/C30H36ClN3O6S/c1-21(29(36)32-30(2,3)4)33(19-22-12-10-11-15-25(22)31)28(35)20-34(41(37,38)24-13-8-7-9-14-24)26-18-23(39-5)16-17-27(26)40-6/h7-18,21H,19-20H2,1-6H3,(H,32,36)/t21-/m1/s1. The Kier molecular flexibility index (Phi) is 10.3. The zero-order valence-corrected chi connectivity index (χ0v) is 25.6. The first-order valence-electron chi connectivity index (χ1n) is 12.9. The summed E-state index contributed by atoms with van der Waals surface area (Å²) in [5.41, 5.74) is 0.157. The molecule has 41 heavy (non-hydrogen) atoms. The van der Waals surface area contributed by atoms with Crippen molar-refractivity contribution in [3.05, 3.63) is 83.4 Å². The predicted molar refractivity (Wildman–Crippen MR) is 160 cm³/mol. The Hall–Kier alpha value is -3.76. The van der Waals surface area contributed by atoms with Gasteiger partial charge in [0, 0.05) is 23.2 Å². The van der Waals surface area contributed by atoms with E-state index in [1.54, 1.807) is 61.5 Å². The maximum Gasteiger partial charge on any atom is 0.264 e. The second-order valence-corrected chi connectivity index (χ2v) is 12.7. The second-order valence-electron chi connectivity index (χ2n) is 10.4. The van der Waals surface area contributed by atoms with Crippen LogP contribution in [-0.4, -0.2) is 57.5 Å². The van der Waals surface area contributed by atoms with E-state index in [0.717, 1.165) is 4.31 Å². The van der Waals surface area contributed by atoms with Crippen molar-refractivity contribution in [1.29, 1.82) is 0 Å². The molecule has 9 nitrogen and oxygen atoms in total. The van der Waals surface area contributed by atoms with E-state index < -0.39 is 40.0 Å². The van der Waals surface area contributed by atoms with Crippen molar-refractivity contribution >= 4 is 39.1 Å². The first-order valence-corrected chi connectivity index (χ1v) is 14.7. The molecular formula is C30H36ClN3O6S. The minimum atomic E-state index is -4.27. The summed E-state index contributed by atoms with van der Waals surface area (Å²) in [6.07, 6.45) is 0. The van der Waals surface area contributed by atoms with Gasteiger partial charge in [-0.15, -0.1) is 0 Å². The van der Waals surface area contributed by atoms with Gasteiger partial charge in [0.05, 0.1) is 24.8 Å². The lowest BCUT2D eigenvalue weighted by molar-refractivity contribution is -0.140. The number of amides is 2. The number of halogens is 1. The van der Waals surface area contributed by atoms with Crippen LogP contribution in [-0.2, 0) is 26.2 Å². The van der Waals surface area contributed by atoms with E-state index in [9.17, 15) is 18.0 Å². The van der Waals surface area contributed by atoms with Gasteiger partial charge in [-0.25, -0.2) is 8.42 Å². The highest BCUT2D eigenvalue weighted by Gasteiger charge is 2.35. The second kappa shape index (κ2) is 13.3. The smallest absolute Gasteiger partial charge is 0.264 e. The first kappa shape index (κ1) is 31.8. The van der Waals surface area contributed by atoms with Gasteiger partial charge in [-0.2, -0.15) is 0 Å². The number of hydrogen-bond donors (Lipinski definition) is 1. The summed E-state index contributed by atoms with van der Waals surface area (Å²) in [4.78, 5) is 28.6. The molecule has 0 aliphatic heterocycles. The minimum absolute atomic E-state index is 0.0196. The number of hydrogen-bond acceptors (Lipinski definition) is 6. The monoisotopic (exact) mass is 601 g/mol. The molecule has 1 N–H and O–H groups in total. The molecule has 220 valence electrons. The predicted octanol–water partition coefficient (Wildman–Crippen LogP) is 4.88. The first-order chi connectivity index (χ1) is 19.3. The number of nitrogens with zero attached hydrogens (tertiary/aromatic N) is 2. The molecule has 0 radical (unpaired) electrons. The lowest BCUT2D eigenvalue weighted by Gasteiger charge is -2.34. The van der Waals surface area contributed by atoms with E-state index in [0.29, 0.717) is 16.3 Å². The molecule has 11 heteroatoms. The van der Waals surface area contributed by atoms with E-state index in [2.05, 4.69) is 5.32 Å². The quantitative estimate of drug-likeness (QED) is 0.336. The molecule has 0 aromatic heterocycles. The molecule has 3 aromatic rings. The summed E-state index contributed by atoms with van der Waals surface area (Å²) in [6, 6.07) is 18.5. The van der Waals surface area contributed by atoms with E-state index in [1.165, 1.54) is 37.3 Å². The average Bonchev–Trinajstić information content (AvgIpc) is 2.94. The van der Waals surface area contributed by atoms with Crippen LogP contribution in [0.4, 0.5) is 5.69 Å². The lowest BCUT2D eigenvalue weighted by atomic mass is 10.1.